The number of likely N-dealkylation sites (tertiary alicyclic amines) is 1. The summed E-state index contributed by atoms with van der Waals surface area (Å²) in [4.78, 5) is 13.7. The maximum atomic E-state index is 11.3. The van der Waals surface area contributed by atoms with Crippen LogP contribution >= 0.6 is 0 Å². The number of hydrogen-bond donors (Lipinski definition) is 2. The number of ether oxygens (including phenoxy) is 1. The normalized spacial score (nSPS) is 16.6. The Kier molecular flexibility index (Phi) is 7.12. The number of nitrogens with one attached hydrogen (secondary N) is 2. The molecule has 0 bridgehead atoms. The zero-order valence-electron chi connectivity index (χ0n) is 10.1. The van der Waals surface area contributed by atoms with Gasteiger partial charge in [-0.15, -0.1) is 0 Å². The van der Waals surface area contributed by atoms with Crippen molar-refractivity contribution in [1.29, 1.82) is 0 Å². The molecule has 1 aliphatic heterocycles. The molecule has 0 aromatic rings. The highest BCUT2D eigenvalue weighted by Gasteiger charge is 2.10. The molecule has 0 aromatic carbocycles. The highest BCUT2D eigenvalue weighted by atomic mass is 16.5. The van der Waals surface area contributed by atoms with Gasteiger partial charge >= 0.3 is 0 Å². The molecule has 1 heterocycles. The van der Waals surface area contributed by atoms with Crippen LogP contribution < -0.4 is 10.6 Å². The van der Waals surface area contributed by atoms with E-state index in [2.05, 4.69) is 15.5 Å². The van der Waals surface area contributed by atoms with Crippen LogP contribution in [0.25, 0.3) is 0 Å². The van der Waals surface area contributed by atoms with E-state index in [1.807, 2.05) is 0 Å². The summed E-state index contributed by atoms with van der Waals surface area (Å²) in [5.41, 5.74) is 0. The molecule has 0 saturated carbocycles. The van der Waals surface area contributed by atoms with Crippen molar-refractivity contribution in [2.45, 2.75) is 12.8 Å². The monoisotopic (exact) mass is 229 g/mol. The summed E-state index contributed by atoms with van der Waals surface area (Å²) < 4.78 is 4.84. The van der Waals surface area contributed by atoms with Crippen LogP contribution in [0.1, 0.15) is 12.8 Å². The Bertz CT molecular complexity index is 194. The number of methoxy groups -OCH3 is 1. The summed E-state index contributed by atoms with van der Waals surface area (Å²) >= 11 is 0. The van der Waals surface area contributed by atoms with Crippen molar-refractivity contribution in [2.24, 2.45) is 0 Å². The summed E-state index contributed by atoms with van der Waals surface area (Å²) in [6.45, 7) is 5.91. The van der Waals surface area contributed by atoms with Crippen LogP contribution in [-0.2, 0) is 9.53 Å². The summed E-state index contributed by atoms with van der Waals surface area (Å²) in [5.74, 6) is 0.0403. The Morgan fingerprint density at radius 1 is 1.31 bits per heavy atom. The molecule has 94 valence electrons. The minimum atomic E-state index is 0.0403. The first-order valence-electron chi connectivity index (χ1n) is 6.01. The molecule has 1 saturated heterocycles. The zero-order valence-corrected chi connectivity index (χ0v) is 10.1. The number of carbonyl (C=O) groups is 1. The van der Waals surface area contributed by atoms with E-state index in [1.54, 1.807) is 7.11 Å². The van der Waals surface area contributed by atoms with Gasteiger partial charge in [-0.1, -0.05) is 0 Å². The standard InChI is InChI=1S/C11H23N3O2/c1-16-9-5-13-11(15)10-12-4-8-14-6-2-3-7-14/h12H,2-10H2,1H3,(H,13,15). The van der Waals surface area contributed by atoms with Gasteiger partial charge in [0, 0.05) is 26.7 Å². The van der Waals surface area contributed by atoms with Gasteiger partial charge in [0.15, 0.2) is 0 Å². The summed E-state index contributed by atoms with van der Waals surface area (Å²) in [6, 6.07) is 0. The van der Waals surface area contributed by atoms with E-state index in [9.17, 15) is 4.79 Å². The lowest BCUT2D eigenvalue weighted by molar-refractivity contribution is -0.120. The fourth-order valence-electron chi connectivity index (χ4n) is 1.80. The van der Waals surface area contributed by atoms with Crippen LogP contribution in [0, 0.1) is 0 Å². The number of hydrogen-bond acceptors (Lipinski definition) is 4. The van der Waals surface area contributed by atoms with E-state index in [4.69, 9.17) is 4.74 Å². The van der Waals surface area contributed by atoms with Crippen molar-refractivity contribution in [3.63, 3.8) is 0 Å². The molecule has 0 unspecified atom stereocenters. The van der Waals surface area contributed by atoms with Crippen LogP contribution in [0.15, 0.2) is 0 Å². The van der Waals surface area contributed by atoms with Gasteiger partial charge in [0.05, 0.1) is 13.2 Å². The lowest BCUT2D eigenvalue weighted by atomic mass is 10.4. The fraction of sp³-hybridized carbons (Fsp3) is 0.909. The van der Waals surface area contributed by atoms with Gasteiger partial charge in [-0.3, -0.25) is 4.79 Å². The molecule has 2 N–H and O–H groups in total. The van der Waals surface area contributed by atoms with E-state index in [0.29, 0.717) is 19.7 Å². The molecule has 0 radical (unpaired) electrons. The van der Waals surface area contributed by atoms with Crippen molar-refractivity contribution in [3.05, 3.63) is 0 Å². The van der Waals surface area contributed by atoms with Crippen molar-refractivity contribution in [3.8, 4) is 0 Å². The molecule has 16 heavy (non-hydrogen) atoms. The highest BCUT2D eigenvalue weighted by Crippen LogP contribution is 2.05. The smallest absolute Gasteiger partial charge is 0.234 e. The quantitative estimate of drug-likeness (QED) is 0.548. The summed E-state index contributed by atoms with van der Waals surface area (Å²) in [6.07, 6.45) is 2.63. The Balaban J connectivity index is 1.87. The Morgan fingerprint density at radius 3 is 2.75 bits per heavy atom. The third-order valence-electron chi connectivity index (χ3n) is 2.72. The second-order valence-electron chi connectivity index (χ2n) is 4.07. The van der Waals surface area contributed by atoms with E-state index < -0.39 is 0 Å². The predicted molar refractivity (Wildman–Crippen MR) is 63.4 cm³/mol. The lowest BCUT2D eigenvalue weighted by Crippen LogP contribution is -2.38. The van der Waals surface area contributed by atoms with Crippen LogP contribution in [0.3, 0.4) is 0 Å². The minimum absolute atomic E-state index is 0.0403. The second kappa shape index (κ2) is 8.50. The van der Waals surface area contributed by atoms with Crippen molar-refractivity contribution < 1.29 is 9.53 Å². The Hall–Kier alpha value is -0.650. The van der Waals surface area contributed by atoms with Crippen molar-refractivity contribution in [1.82, 2.24) is 15.5 Å². The van der Waals surface area contributed by atoms with Crippen molar-refractivity contribution >= 4 is 5.91 Å². The molecule has 0 aromatic heterocycles. The molecule has 1 aliphatic rings. The van der Waals surface area contributed by atoms with E-state index in [-0.39, 0.29) is 5.91 Å². The second-order valence-corrected chi connectivity index (χ2v) is 4.07. The molecule has 1 rings (SSSR count). The molecule has 1 amide bonds. The van der Waals surface area contributed by atoms with E-state index in [1.165, 1.54) is 25.9 Å². The topological polar surface area (TPSA) is 53.6 Å². The fourth-order valence-corrected chi connectivity index (χ4v) is 1.80. The van der Waals surface area contributed by atoms with Gasteiger partial charge in [0.2, 0.25) is 5.91 Å². The number of rotatable bonds is 8. The molecule has 0 aliphatic carbocycles. The third-order valence-corrected chi connectivity index (χ3v) is 2.72. The Morgan fingerprint density at radius 2 is 2.06 bits per heavy atom. The minimum Gasteiger partial charge on any atom is -0.383 e. The molecular formula is C11H23N3O2. The highest BCUT2D eigenvalue weighted by molar-refractivity contribution is 5.77. The SMILES string of the molecule is COCCNC(=O)CNCCN1CCCC1. The first-order valence-corrected chi connectivity index (χ1v) is 6.01. The van der Waals surface area contributed by atoms with E-state index >= 15 is 0 Å². The van der Waals surface area contributed by atoms with Gasteiger partial charge < -0.3 is 20.3 Å². The largest absolute Gasteiger partial charge is 0.383 e. The van der Waals surface area contributed by atoms with E-state index in [0.717, 1.165) is 13.1 Å². The maximum Gasteiger partial charge on any atom is 0.234 e. The Labute approximate surface area is 97.5 Å². The molecule has 5 heteroatoms. The van der Waals surface area contributed by atoms with Gasteiger partial charge in [0.25, 0.3) is 0 Å². The lowest BCUT2D eigenvalue weighted by Gasteiger charge is -2.14. The molecular weight excluding hydrogens is 206 g/mol. The summed E-state index contributed by atoms with van der Waals surface area (Å²) in [7, 11) is 1.63. The molecule has 0 atom stereocenters. The average Bonchev–Trinajstić information content (AvgIpc) is 2.78. The van der Waals surface area contributed by atoms with Crippen LogP contribution in [0.4, 0.5) is 0 Å². The van der Waals surface area contributed by atoms with Gasteiger partial charge in [-0.2, -0.15) is 0 Å². The van der Waals surface area contributed by atoms with Crippen LogP contribution in [0.5, 0.6) is 0 Å². The zero-order chi connectivity index (χ0) is 11.6. The van der Waals surface area contributed by atoms with Crippen molar-refractivity contribution in [2.75, 3.05) is 53.0 Å². The third kappa shape index (κ3) is 6.05. The van der Waals surface area contributed by atoms with Crippen LogP contribution in [0.2, 0.25) is 0 Å². The first-order chi connectivity index (χ1) is 7.83. The number of amides is 1. The van der Waals surface area contributed by atoms with Crippen LogP contribution in [-0.4, -0.2) is 63.8 Å². The number of carbonyl (C=O) groups excluding carboxylic acids is 1. The maximum absolute atomic E-state index is 11.3. The molecule has 0 spiro atoms. The summed E-state index contributed by atoms with van der Waals surface area (Å²) in [5, 5.41) is 5.92. The molecule has 1 fully saturated rings. The first kappa shape index (κ1) is 13.4. The number of nitrogens with zero attached hydrogens (tertiary/aromatic N) is 1. The molecule has 5 nitrogen and oxygen atoms in total. The van der Waals surface area contributed by atoms with Gasteiger partial charge in [0.1, 0.15) is 0 Å². The average molecular weight is 229 g/mol. The predicted octanol–water partition coefficient (Wildman–Crippen LogP) is -0.566. The van der Waals surface area contributed by atoms with Gasteiger partial charge in [-0.25, -0.2) is 0 Å². The van der Waals surface area contributed by atoms with Gasteiger partial charge in [-0.05, 0) is 25.9 Å².